The van der Waals surface area contributed by atoms with E-state index in [2.05, 4.69) is 15.9 Å². The lowest BCUT2D eigenvalue weighted by Crippen LogP contribution is -2.35. The van der Waals surface area contributed by atoms with Crippen molar-refractivity contribution in [3.8, 4) is 0 Å². The molecule has 0 spiro atoms. The summed E-state index contributed by atoms with van der Waals surface area (Å²) >= 11 is 3.45. The maximum absolute atomic E-state index is 5.79. The van der Waals surface area contributed by atoms with Crippen LogP contribution < -0.4 is 0 Å². The fraction of sp³-hybridized carbons (Fsp3) is 1.00. The average molecular weight is 309 g/mol. The minimum atomic E-state index is -0.448. The molecular weight excluding hydrogens is 288 g/mol. The van der Waals surface area contributed by atoms with Crippen molar-refractivity contribution in [3.63, 3.8) is 0 Å². The highest BCUT2D eigenvalue weighted by Crippen LogP contribution is 2.34. The Bertz CT molecular complexity index is 235. The highest BCUT2D eigenvalue weighted by atomic mass is 79.9. The Kier molecular flexibility index (Phi) is 4.83. The fourth-order valence-electron chi connectivity index (χ4n) is 2.37. The highest BCUT2D eigenvalue weighted by molar-refractivity contribution is 9.09. The standard InChI is InChI=1S/C12H21BrO4/c1-11(14-7-8-15-11)4-5-12(3-2-6-13)16-9-10-17-12/h2-10H2,1H3. The second-order valence-corrected chi connectivity index (χ2v) is 5.52. The van der Waals surface area contributed by atoms with Crippen LogP contribution >= 0.6 is 15.9 Å². The summed E-state index contributed by atoms with van der Waals surface area (Å²) in [4.78, 5) is 0. The lowest BCUT2D eigenvalue weighted by molar-refractivity contribution is -0.200. The van der Waals surface area contributed by atoms with Gasteiger partial charge in [0.25, 0.3) is 0 Å². The van der Waals surface area contributed by atoms with Crippen molar-refractivity contribution in [2.24, 2.45) is 0 Å². The Morgan fingerprint density at radius 2 is 1.47 bits per heavy atom. The molecule has 0 aromatic heterocycles. The Balaban J connectivity index is 1.84. The van der Waals surface area contributed by atoms with Crippen LogP contribution in [0.2, 0.25) is 0 Å². The molecule has 17 heavy (non-hydrogen) atoms. The SMILES string of the molecule is CC1(CCC2(CCCBr)OCCO2)OCCO1. The predicted molar refractivity (Wildman–Crippen MR) is 67.2 cm³/mol. The number of hydrogen-bond donors (Lipinski definition) is 0. The van der Waals surface area contributed by atoms with Crippen LogP contribution in [0.1, 0.15) is 32.6 Å². The summed E-state index contributed by atoms with van der Waals surface area (Å²) in [5, 5.41) is 0.978. The fourth-order valence-corrected chi connectivity index (χ4v) is 2.65. The molecule has 2 fully saturated rings. The van der Waals surface area contributed by atoms with Crippen LogP contribution in [0, 0.1) is 0 Å². The molecule has 2 aliphatic heterocycles. The predicted octanol–water partition coefficient (Wildman–Crippen LogP) is 2.45. The van der Waals surface area contributed by atoms with Crippen LogP contribution in [0.5, 0.6) is 0 Å². The molecule has 0 aromatic carbocycles. The van der Waals surface area contributed by atoms with Crippen LogP contribution in [-0.4, -0.2) is 43.3 Å². The molecule has 0 aromatic rings. The number of rotatable bonds is 6. The first-order valence-corrected chi connectivity index (χ1v) is 7.42. The van der Waals surface area contributed by atoms with E-state index in [1.165, 1.54) is 0 Å². The third-order valence-electron chi connectivity index (χ3n) is 3.36. The van der Waals surface area contributed by atoms with E-state index >= 15 is 0 Å². The molecule has 2 aliphatic rings. The van der Waals surface area contributed by atoms with Crippen molar-refractivity contribution in [1.29, 1.82) is 0 Å². The topological polar surface area (TPSA) is 36.9 Å². The van der Waals surface area contributed by atoms with Crippen LogP contribution in [-0.2, 0) is 18.9 Å². The van der Waals surface area contributed by atoms with Crippen molar-refractivity contribution < 1.29 is 18.9 Å². The normalized spacial score (nSPS) is 26.5. The number of halogens is 1. The third kappa shape index (κ3) is 3.64. The van der Waals surface area contributed by atoms with Crippen LogP contribution in [0.3, 0.4) is 0 Å². The van der Waals surface area contributed by atoms with Gasteiger partial charge >= 0.3 is 0 Å². The number of alkyl halides is 1. The molecular formula is C12H21BrO4. The van der Waals surface area contributed by atoms with Crippen LogP contribution in [0.4, 0.5) is 0 Å². The van der Waals surface area contributed by atoms with Gasteiger partial charge in [0.2, 0.25) is 0 Å². The first-order chi connectivity index (χ1) is 8.18. The molecule has 2 saturated heterocycles. The van der Waals surface area contributed by atoms with Gasteiger partial charge < -0.3 is 18.9 Å². The van der Waals surface area contributed by atoms with Gasteiger partial charge in [0.1, 0.15) is 0 Å². The molecule has 2 rings (SSSR count). The van der Waals surface area contributed by atoms with Gasteiger partial charge in [-0.05, 0) is 13.3 Å². The maximum Gasteiger partial charge on any atom is 0.168 e. The molecule has 0 unspecified atom stereocenters. The molecule has 4 nitrogen and oxygen atoms in total. The highest BCUT2D eigenvalue weighted by Gasteiger charge is 2.40. The van der Waals surface area contributed by atoms with Gasteiger partial charge in [-0.1, -0.05) is 15.9 Å². The number of hydrogen-bond acceptors (Lipinski definition) is 4. The summed E-state index contributed by atoms with van der Waals surface area (Å²) in [7, 11) is 0. The van der Waals surface area contributed by atoms with Crippen molar-refractivity contribution >= 4 is 15.9 Å². The summed E-state index contributed by atoms with van der Waals surface area (Å²) in [5.74, 6) is -0.858. The zero-order valence-corrected chi connectivity index (χ0v) is 12.0. The number of ether oxygens (including phenoxy) is 4. The molecule has 0 radical (unpaired) electrons. The zero-order valence-electron chi connectivity index (χ0n) is 10.4. The second kappa shape index (κ2) is 5.97. The molecule has 0 N–H and O–H groups in total. The average Bonchev–Trinajstić information content (AvgIpc) is 2.95. The lowest BCUT2D eigenvalue weighted by atomic mass is 10.0. The summed E-state index contributed by atoms with van der Waals surface area (Å²) in [6.07, 6.45) is 3.62. The summed E-state index contributed by atoms with van der Waals surface area (Å²) in [5.41, 5.74) is 0. The quantitative estimate of drug-likeness (QED) is 0.706. The Hall–Kier alpha value is 0.320. The second-order valence-electron chi connectivity index (χ2n) is 4.73. The molecule has 0 atom stereocenters. The van der Waals surface area contributed by atoms with E-state index in [4.69, 9.17) is 18.9 Å². The largest absolute Gasteiger partial charge is 0.348 e. The monoisotopic (exact) mass is 308 g/mol. The van der Waals surface area contributed by atoms with E-state index in [1.807, 2.05) is 6.92 Å². The van der Waals surface area contributed by atoms with E-state index in [1.54, 1.807) is 0 Å². The summed E-state index contributed by atoms with van der Waals surface area (Å²) in [6, 6.07) is 0. The summed E-state index contributed by atoms with van der Waals surface area (Å²) in [6.45, 7) is 4.76. The van der Waals surface area contributed by atoms with Crippen molar-refractivity contribution in [2.75, 3.05) is 31.8 Å². The van der Waals surface area contributed by atoms with Gasteiger partial charge in [0.15, 0.2) is 11.6 Å². The smallest absolute Gasteiger partial charge is 0.168 e. The lowest BCUT2D eigenvalue weighted by Gasteiger charge is -2.31. The van der Waals surface area contributed by atoms with Crippen molar-refractivity contribution in [1.82, 2.24) is 0 Å². The van der Waals surface area contributed by atoms with Gasteiger partial charge in [-0.2, -0.15) is 0 Å². The molecule has 0 aliphatic carbocycles. The summed E-state index contributed by atoms with van der Waals surface area (Å²) < 4.78 is 22.8. The molecule has 5 heteroatoms. The van der Waals surface area contributed by atoms with E-state index in [-0.39, 0.29) is 0 Å². The van der Waals surface area contributed by atoms with E-state index < -0.39 is 11.6 Å². The van der Waals surface area contributed by atoms with Crippen molar-refractivity contribution in [2.45, 2.75) is 44.2 Å². The Morgan fingerprint density at radius 3 is 2.06 bits per heavy atom. The van der Waals surface area contributed by atoms with E-state index in [9.17, 15) is 0 Å². The van der Waals surface area contributed by atoms with Gasteiger partial charge in [-0.15, -0.1) is 0 Å². The zero-order chi connectivity index (χ0) is 12.2. The molecule has 100 valence electrons. The third-order valence-corrected chi connectivity index (χ3v) is 3.92. The molecule has 2 heterocycles. The Morgan fingerprint density at radius 1 is 0.882 bits per heavy atom. The Labute approximate surface area is 111 Å². The van der Waals surface area contributed by atoms with Gasteiger partial charge in [-0.25, -0.2) is 0 Å². The molecule has 0 saturated carbocycles. The van der Waals surface area contributed by atoms with E-state index in [0.29, 0.717) is 26.4 Å². The van der Waals surface area contributed by atoms with Crippen molar-refractivity contribution in [3.05, 3.63) is 0 Å². The first-order valence-electron chi connectivity index (χ1n) is 6.30. The maximum atomic E-state index is 5.79. The first kappa shape index (κ1) is 13.7. The minimum Gasteiger partial charge on any atom is -0.348 e. The van der Waals surface area contributed by atoms with Gasteiger partial charge in [0, 0.05) is 24.6 Å². The minimum absolute atomic E-state index is 0.411. The van der Waals surface area contributed by atoms with E-state index in [0.717, 1.165) is 31.0 Å². The van der Waals surface area contributed by atoms with Gasteiger partial charge in [-0.3, -0.25) is 0 Å². The molecule has 0 amide bonds. The van der Waals surface area contributed by atoms with Gasteiger partial charge in [0.05, 0.1) is 26.4 Å². The van der Waals surface area contributed by atoms with Crippen LogP contribution in [0.15, 0.2) is 0 Å². The van der Waals surface area contributed by atoms with Crippen LogP contribution in [0.25, 0.3) is 0 Å². The molecule has 0 bridgehead atoms.